The molecule has 1 fully saturated rings. The summed E-state index contributed by atoms with van der Waals surface area (Å²) in [6.45, 7) is -0.547. The number of halogens is 4. The molecule has 188 valence electrons. The highest BCUT2D eigenvalue weighted by molar-refractivity contribution is 6.31. The summed E-state index contributed by atoms with van der Waals surface area (Å²) >= 11 is 6.30. The topological polar surface area (TPSA) is 120 Å². The van der Waals surface area contributed by atoms with E-state index in [0.717, 1.165) is 0 Å². The van der Waals surface area contributed by atoms with Crippen molar-refractivity contribution in [2.75, 3.05) is 13.2 Å². The molecule has 5 N–H and O–H groups in total. The number of ether oxygens (including phenoxy) is 2. The highest BCUT2D eigenvalue weighted by Gasteiger charge is 2.59. The Morgan fingerprint density at radius 3 is 2.26 bits per heavy atom. The van der Waals surface area contributed by atoms with Crippen LogP contribution in [0.2, 0.25) is 5.02 Å². The zero-order valence-electron chi connectivity index (χ0n) is 18.2. The molecule has 1 aliphatic rings. The van der Waals surface area contributed by atoms with Crippen LogP contribution in [0.1, 0.15) is 30.0 Å². The molecular formula is C23H26ClF3O7. The van der Waals surface area contributed by atoms with Gasteiger partial charge in [-0.3, -0.25) is 0 Å². The quantitative estimate of drug-likeness (QED) is 0.391. The number of benzene rings is 2. The van der Waals surface area contributed by atoms with Gasteiger partial charge in [0.25, 0.3) is 0 Å². The van der Waals surface area contributed by atoms with E-state index in [1.54, 1.807) is 19.1 Å². The van der Waals surface area contributed by atoms with Crippen LogP contribution >= 0.6 is 11.6 Å². The Morgan fingerprint density at radius 1 is 1.06 bits per heavy atom. The molecule has 5 atom stereocenters. The van der Waals surface area contributed by atoms with Crippen molar-refractivity contribution in [3.8, 4) is 5.75 Å². The van der Waals surface area contributed by atoms with E-state index in [2.05, 4.69) is 4.74 Å². The molecule has 34 heavy (non-hydrogen) atoms. The van der Waals surface area contributed by atoms with E-state index >= 15 is 0 Å². The third kappa shape index (κ3) is 5.33. The molecule has 3 rings (SSSR count). The van der Waals surface area contributed by atoms with Crippen LogP contribution < -0.4 is 4.74 Å². The minimum atomic E-state index is -4.45. The predicted molar refractivity (Wildman–Crippen MR) is 115 cm³/mol. The zero-order chi connectivity index (χ0) is 25.3. The van der Waals surface area contributed by atoms with Gasteiger partial charge in [0.05, 0.1) is 6.61 Å². The van der Waals surface area contributed by atoms with Crippen LogP contribution in [-0.4, -0.2) is 68.8 Å². The van der Waals surface area contributed by atoms with Gasteiger partial charge in [0, 0.05) is 10.6 Å². The van der Waals surface area contributed by atoms with E-state index in [1.807, 2.05) is 0 Å². The normalized spacial score (nSPS) is 29.8. The largest absolute Gasteiger partial charge is 0.484 e. The maximum atomic E-state index is 12.3. The standard InChI is InChI=1S/C23H26ClF3O7/c1-2-21(11-28)19(30)18(29)20(31)23(32,34-21)15-5-8-17(24)14(10-15)9-13-3-6-16(7-4-13)33-12-22(25,26)27/h3-8,10,18-20,28-32H,2,9,11-12H2,1H3. The average molecular weight is 507 g/mol. The Morgan fingerprint density at radius 2 is 1.71 bits per heavy atom. The molecule has 1 aliphatic heterocycles. The van der Waals surface area contributed by atoms with Gasteiger partial charge in [-0.05, 0) is 48.2 Å². The van der Waals surface area contributed by atoms with Gasteiger partial charge in [0.2, 0.25) is 5.79 Å². The highest BCUT2D eigenvalue weighted by atomic mass is 35.5. The third-order valence-electron chi connectivity index (χ3n) is 5.99. The maximum Gasteiger partial charge on any atom is 0.422 e. The first-order valence-corrected chi connectivity index (χ1v) is 10.9. The van der Waals surface area contributed by atoms with Gasteiger partial charge in [-0.15, -0.1) is 0 Å². The predicted octanol–water partition coefficient (Wildman–Crippen LogP) is 2.27. The molecule has 0 aromatic heterocycles. The Kier molecular flexibility index (Phi) is 7.83. The number of hydrogen-bond acceptors (Lipinski definition) is 7. The Balaban J connectivity index is 1.87. The van der Waals surface area contributed by atoms with Crippen LogP contribution in [0.15, 0.2) is 42.5 Å². The fraction of sp³-hybridized carbons (Fsp3) is 0.478. The van der Waals surface area contributed by atoms with Crippen molar-refractivity contribution in [1.29, 1.82) is 0 Å². The van der Waals surface area contributed by atoms with E-state index in [-0.39, 0.29) is 24.2 Å². The van der Waals surface area contributed by atoms with Gasteiger partial charge in [-0.1, -0.05) is 36.7 Å². The van der Waals surface area contributed by atoms with Gasteiger partial charge < -0.3 is 35.0 Å². The Bertz CT molecular complexity index is 982. The van der Waals surface area contributed by atoms with E-state index in [9.17, 15) is 38.7 Å². The first kappa shape index (κ1) is 26.7. The van der Waals surface area contributed by atoms with Crippen LogP contribution in [0, 0.1) is 0 Å². The van der Waals surface area contributed by atoms with Crippen LogP contribution in [0.4, 0.5) is 13.2 Å². The molecule has 2 aromatic carbocycles. The van der Waals surface area contributed by atoms with Crippen LogP contribution in [0.25, 0.3) is 0 Å². The summed E-state index contributed by atoms with van der Waals surface area (Å²) in [5, 5.41) is 52.6. The number of alkyl halides is 3. The third-order valence-corrected chi connectivity index (χ3v) is 6.36. The second kappa shape index (κ2) is 9.98. The van der Waals surface area contributed by atoms with Gasteiger partial charge in [-0.25, -0.2) is 0 Å². The molecule has 0 spiro atoms. The van der Waals surface area contributed by atoms with E-state index in [4.69, 9.17) is 16.3 Å². The minimum absolute atomic E-state index is 0.0277. The van der Waals surface area contributed by atoms with E-state index in [0.29, 0.717) is 16.1 Å². The lowest BCUT2D eigenvalue weighted by Gasteiger charge is -2.52. The van der Waals surface area contributed by atoms with E-state index in [1.165, 1.54) is 30.3 Å². The lowest BCUT2D eigenvalue weighted by Crippen LogP contribution is -2.69. The van der Waals surface area contributed by atoms with Crippen LogP contribution in [-0.2, 0) is 16.9 Å². The monoisotopic (exact) mass is 506 g/mol. The molecule has 5 unspecified atom stereocenters. The molecule has 2 aromatic rings. The van der Waals surface area contributed by atoms with Crippen molar-refractivity contribution in [1.82, 2.24) is 0 Å². The van der Waals surface area contributed by atoms with Crippen molar-refractivity contribution in [2.45, 2.75) is 55.6 Å². The van der Waals surface area contributed by atoms with Gasteiger partial charge >= 0.3 is 6.18 Å². The molecule has 1 saturated heterocycles. The van der Waals surface area contributed by atoms with Crippen molar-refractivity contribution < 1.29 is 48.2 Å². The average Bonchev–Trinajstić information content (AvgIpc) is 2.80. The molecule has 0 aliphatic carbocycles. The first-order chi connectivity index (χ1) is 15.8. The molecule has 1 heterocycles. The summed E-state index contributed by atoms with van der Waals surface area (Å²) < 4.78 is 47.3. The highest BCUT2D eigenvalue weighted by Crippen LogP contribution is 2.43. The summed E-state index contributed by atoms with van der Waals surface area (Å²) in [5.74, 6) is -2.42. The van der Waals surface area contributed by atoms with Gasteiger partial charge in [0.1, 0.15) is 29.7 Å². The fourth-order valence-electron chi connectivity index (χ4n) is 3.92. The minimum Gasteiger partial charge on any atom is -0.484 e. The summed E-state index contributed by atoms with van der Waals surface area (Å²) in [4.78, 5) is 0. The van der Waals surface area contributed by atoms with Gasteiger partial charge in [-0.2, -0.15) is 13.2 Å². The molecule has 0 saturated carbocycles. The number of aliphatic hydroxyl groups excluding tert-OH is 4. The van der Waals surface area contributed by atoms with Gasteiger partial charge in [0.15, 0.2) is 6.61 Å². The lowest BCUT2D eigenvalue weighted by molar-refractivity contribution is -0.391. The number of aliphatic hydroxyl groups is 5. The molecule has 11 heteroatoms. The molecular weight excluding hydrogens is 481 g/mol. The molecule has 0 bridgehead atoms. The summed E-state index contributed by atoms with van der Waals surface area (Å²) in [6.07, 6.45) is -9.61. The molecule has 7 nitrogen and oxygen atoms in total. The second-order valence-corrected chi connectivity index (χ2v) is 8.69. The maximum absolute atomic E-state index is 12.3. The van der Waals surface area contributed by atoms with Crippen LogP contribution in [0.5, 0.6) is 5.75 Å². The van der Waals surface area contributed by atoms with E-state index < -0.39 is 49.1 Å². The summed E-state index contributed by atoms with van der Waals surface area (Å²) in [7, 11) is 0. The Labute approximate surface area is 198 Å². The summed E-state index contributed by atoms with van der Waals surface area (Å²) in [6, 6.07) is 10.2. The smallest absolute Gasteiger partial charge is 0.422 e. The summed E-state index contributed by atoms with van der Waals surface area (Å²) in [5.41, 5.74) is -0.538. The Hall–Kier alpha value is -1.92. The molecule has 0 amide bonds. The van der Waals surface area contributed by atoms with Crippen LogP contribution in [0.3, 0.4) is 0 Å². The van der Waals surface area contributed by atoms with Crippen molar-refractivity contribution in [3.63, 3.8) is 0 Å². The SMILES string of the molecule is CCC1(CO)OC(O)(c2ccc(Cl)c(Cc3ccc(OCC(F)(F)F)cc3)c2)C(O)C(O)C1O. The fourth-order valence-corrected chi connectivity index (χ4v) is 4.10. The van der Waals surface area contributed by atoms with Crippen molar-refractivity contribution in [2.24, 2.45) is 0 Å². The lowest BCUT2D eigenvalue weighted by atomic mass is 9.80. The molecule has 0 radical (unpaired) electrons. The van der Waals surface area contributed by atoms with Crippen molar-refractivity contribution >= 4 is 11.6 Å². The number of rotatable bonds is 7. The second-order valence-electron chi connectivity index (χ2n) is 8.29. The number of hydrogen-bond donors (Lipinski definition) is 5. The zero-order valence-corrected chi connectivity index (χ0v) is 18.9. The first-order valence-electron chi connectivity index (χ1n) is 10.5. The van der Waals surface area contributed by atoms with Crippen molar-refractivity contribution in [3.05, 3.63) is 64.2 Å².